The summed E-state index contributed by atoms with van der Waals surface area (Å²) in [5.74, 6) is -0.264. The molecule has 0 unspecified atom stereocenters. The Morgan fingerprint density at radius 1 is 1.03 bits per heavy atom. The topological polar surface area (TPSA) is 78.0 Å². The zero-order chi connectivity index (χ0) is 20.9. The summed E-state index contributed by atoms with van der Waals surface area (Å²) in [5.41, 5.74) is 4.34. The Bertz CT molecular complexity index is 1190. The molecule has 0 aliphatic heterocycles. The smallest absolute Gasteiger partial charge is 0.255 e. The average molecular weight is 420 g/mol. The van der Waals surface area contributed by atoms with E-state index in [4.69, 9.17) is 11.6 Å². The number of nitrogens with one attached hydrogen (secondary N) is 2. The third-order valence-electron chi connectivity index (χ3n) is 5.10. The van der Waals surface area contributed by atoms with Crippen molar-refractivity contribution in [2.75, 3.05) is 6.54 Å². The molecule has 0 radical (unpaired) electrons. The van der Waals surface area contributed by atoms with E-state index in [1.165, 1.54) is 6.07 Å². The number of aromatic hydroxyl groups is 1. The van der Waals surface area contributed by atoms with Crippen LogP contribution in [0.2, 0.25) is 5.02 Å². The lowest BCUT2D eigenvalue weighted by molar-refractivity contribution is 0.0950. The standard InChI is InChI=1S/C24H22ClN3O2/c25-20-9-3-1-7-17(20)16-12-13-18-21(27-28-22(18)15-16)10-5-6-14-26-24(30)19-8-2-4-11-23(19)29/h1-4,7-9,11-13,15,29H,5-6,10,14H2,(H,26,30)(H,27,28). The van der Waals surface area contributed by atoms with Crippen LogP contribution < -0.4 is 5.32 Å². The number of phenolic OH excluding ortho intramolecular Hbond substituents is 1. The molecule has 5 nitrogen and oxygen atoms in total. The number of aromatic nitrogens is 2. The number of unbranched alkanes of at least 4 members (excludes halogenated alkanes) is 1. The molecule has 0 bridgehead atoms. The van der Waals surface area contributed by atoms with Crippen molar-refractivity contribution in [3.8, 4) is 16.9 Å². The Labute approximate surface area is 179 Å². The summed E-state index contributed by atoms with van der Waals surface area (Å²) in [6.45, 7) is 0.548. The van der Waals surface area contributed by atoms with Gasteiger partial charge in [0.25, 0.3) is 5.91 Å². The van der Waals surface area contributed by atoms with Crippen LogP contribution in [-0.2, 0) is 6.42 Å². The predicted molar refractivity (Wildman–Crippen MR) is 120 cm³/mol. The van der Waals surface area contributed by atoms with Crippen LogP contribution in [0.4, 0.5) is 0 Å². The summed E-state index contributed by atoms with van der Waals surface area (Å²) in [5, 5.41) is 22.0. The first kappa shape index (κ1) is 20.0. The molecule has 1 amide bonds. The van der Waals surface area contributed by atoms with Crippen LogP contribution in [0.25, 0.3) is 22.0 Å². The lowest BCUT2D eigenvalue weighted by Gasteiger charge is -2.06. The van der Waals surface area contributed by atoms with Crippen LogP contribution in [0, 0.1) is 0 Å². The number of carbonyl (C=O) groups excluding carboxylic acids is 1. The number of benzene rings is 3. The van der Waals surface area contributed by atoms with Crippen molar-refractivity contribution >= 4 is 28.4 Å². The first-order valence-corrected chi connectivity index (χ1v) is 10.3. The number of rotatable bonds is 7. The van der Waals surface area contributed by atoms with Crippen molar-refractivity contribution in [2.45, 2.75) is 19.3 Å². The molecule has 0 spiro atoms. The van der Waals surface area contributed by atoms with Gasteiger partial charge < -0.3 is 10.4 Å². The molecule has 0 saturated heterocycles. The van der Waals surface area contributed by atoms with Crippen molar-refractivity contribution in [1.82, 2.24) is 15.5 Å². The number of H-pyrrole nitrogens is 1. The second-order valence-corrected chi connectivity index (χ2v) is 7.55. The van der Waals surface area contributed by atoms with Crippen molar-refractivity contribution in [2.24, 2.45) is 0 Å². The number of para-hydroxylation sites is 1. The van der Waals surface area contributed by atoms with Crippen molar-refractivity contribution in [3.05, 3.63) is 83.0 Å². The van der Waals surface area contributed by atoms with Gasteiger partial charge in [-0.1, -0.05) is 54.1 Å². The first-order chi connectivity index (χ1) is 14.6. The summed E-state index contributed by atoms with van der Waals surface area (Å²) in [6, 6.07) is 20.5. The Hall–Kier alpha value is -3.31. The molecular weight excluding hydrogens is 398 g/mol. The lowest BCUT2D eigenvalue weighted by atomic mass is 10.0. The zero-order valence-corrected chi connectivity index (χ0v) is 17.1. The van der Waals surface area contributed by atoms with E-state index in [1.54, 1.807) is 18.2 Å². The third kappa shape index (κ3) is 4.31. The van der Waals surface area contributed by atoms with Crippen molar-refractivity contribution in [1.29, 1.82) is 0 Å². The molecule has 3 N–H and O–H groups in total. The number of hydrogen-bond acceptors (Lipinski definition) is 3. The molecule has 4 aromatic rings. The Balaban J connectivity index is 1.33. The summed E-state index contributed by atoms with van der Waals surface area (Å²) in [7, 11) is 0. The van der Waals surface area contributed by atoms with Crippen LogP contribution in [0.5, 0.6) is 5.75 Å². The number of fused-ring (bicyclic) bond motifs is 1. The zero-order valence-electron chi connectivity index (χ0n) is 16.4. The van der Waals surface area contributed by atoms with Gasteiger partial charge in [0.2, 0.25) is 0 Å². The van der Waals surface area contributed by atoms with E-state index >= 15 is 0 Å². The maximum Gasteiger partial charge on any atom is 0.255 e. The predicted octanol–water partition coefficient (Wildman–Crippen LogP) is 5.34. The van der Waals surface area contributed by atoms with Gasteiger partial charge in [0.1, 0.15) is 5.75 Å². The number of nitrogens with zero attached hydrogens (tertiary/aromatic N) is 1. The SMILES string of the molecule is O=C(NCCCCc1n[nH]c2cc(-c3ccccc3Cl)ccc12)c1ccccc1O. The van der Waals surface area contributed by atoms with Gasteiger partial charge in [-0.05, 0) is 49.1 Å². The van der Waals surface area contributed by atoms with Gasteiger partial charge in [-0.2, -0.15) is 5.10 Å². The third-order valence-corrected chi connectivity index (χ3v) is 5.43. The minimum absolute atomic E-state index is 0.00541. The van der Waals surface area contributed by atoms with Gasteiger partial charge in [0, 0.05) is 22.5 Å². The summed E-state index contributed by atoms with van der Waals surface area (Å²) >= 11 is 6.31. The van der Waals surface area contributed by atoms with Gasteiger partial charge in [-0.15, -0.1) is 0 Å². The van der Waals surface area contributed by atoms with Crippen LogP contribution in [-0.4, -0.2) is 27.8 Å². The van der Waals surface area contributed by atoms with Gasteiger partial charge >= 0.3 is 0 Å². The van der Waals surface area contributed by atoms with E-state index in [1.807, 2.05) is 24.3 Å². The minimum Gasteiger partial charge on any atom is -0.507 e. The normalized spacial score (nSPS) is 11.0. The van der Waals surface area contributed by atoms with E-state index in [0.29, 0.717) is 12.1 Å². The largest absolute Gasteiger partial charge is 0.507 e. The molecule has 6 heteroatoms. The number of carbonyl (C=O) groups is 1. The van der Waals surface area contributed by atoms with Crippen LogP contribution >= 0.6 is 11.6 Å². The van der Waals surface area contributed by atoms with Crippen LogP contribution in [0.3, 0.4) is 0 Å². The number of amides is 1. The van der Waals surface area contributed by atoms with Gasteiger partial charge in [0.15, 0.2) is 0 Å². The molecule has 30 heavy (non-hydrogen) atoms. The van der Waals surface area contributed by atoms with Crippen LogP contribution in [0.15, 0.2) is 66.7 Å². The van der Waals surface area contributed by atoms with E-state index in [0.717, 1.165) is 52.0 Å². The molecule has 0 aliphatic rings. The van der Waals surface area contributed by atoms with Gasteiger partial charge in [0.05, 0.1) is 16.8 Å². The van der Waals surface area contributed by atoms with E-state index in [2.05, 4.69) is 33.7 Å². The summed E-state index contributed by atoms with van der Waals surface area (Å²) in [4.78, 5) is 12.1. The second-order valence-electron chi connectivity index (χ2n) is 7.14. The minimum atomic E-state index is -0.259. The number of aromatic amines is 1. The first-order valence-electron chi connectivity index (χ1n) is 9.91. The number of halogens is 1. The highest BCUT2D eigenvalue weighted by molar-refractivity contribution is 6.33. The molecule has 4 rings (SSSR count). The fourth-order valence-electron chi connectivity index (χ4n) is 3.51. The van der Waals surface area contributed by atoms with E-state index < -0.39 is 0 Å². The average Bonchev–Trinajstić information content (AvgIpc) is 3.16. The molecule has 1 heterocycles. The lowest BCUT2D eigenvalue weighted by Crippen LogP contribution is -2.24. The quantitative estimate of drug-likeness (QED) is 0.354. The Kier molecular flexibility index (Phi) is 6.00. The summed E-state index contributed by atoms with van der Waals surface area (Å²) in [6.07, 6.45) is 2.54. The molecule has 0 saturated carbocycles. The summed E-state index contributed by atoms with van der Waals surface area (Å²) < 4.78 is 0. The molecule has 0 atom stereocenters. The molecule has 0 aliphatic carbocycles. The maximum absolute atomic E-state index is 12.1. The molecule has 152 valence electrons. The second kappa shape index (κ2) is 9.01. The van der Waals surface area contributed by atoms with Crippen LogP contribution in [0.1, 0.15) is 28.9 Å². The monoisotopic (exact) mass is 419 g/mol. The van der Waals surface area contributed by atoms with Gasteiger partial charge in [-0.3, -0.25) is 9.89 Å². The fraction of sp³-hybridized carbons (Fsp3) is 0.167. The maximum atomic E-state index is 12.1. The van der Waals surface area contributed by atoms with Crippen molar-refractivity contribution in [3.63, 3.8) is 0 Å². The highest BCUT2D eigenvalue weighted by Crippen LogP contribution is 2.30. The molecule has 1 aromatic heterocycles. The number of phenols is 1. The molecular formula is C24H22ClN3O2. The number of hydrogen-bond donors (Lipinski definition) is 3. The van der Waals surface area contributed by atoms with E-state index in [9.17, 15) is 9.90 Å². The Morgan fingerprint density at radius 3 is 2.67 bits per heavy atom. The molecule has 3 aromatic carbocycles. The van der Waals surface area contributed by atoms with Gasteiger partial charge in [-0.25, -0.2) is 0 Å². The highest BCUT2D eigenvalue weighted by Gasteiger charge is 2.11. The van der Waals surface area contributed by atoms with E-state index in [-0.39, 0.29) is 11.7 Å². The Morgan fingerprint density at radius 2 is 1.83 bits per heavy atom. The number of aryl methyl sites for hydroxylation is 1. The fourth-order valence-corrected chi connectivity index (χ4v) is 3.75. The van der Waals surface area contributed by atoms with Crippen molar-refractivity contribution < 1.29 is 9.90 Å². The molecule has 0 fully saturated rings. The highest BCUT2D eigenvalue weighted by atomic mass is 35.5.